The van der Waals surface area contributed by atoms with E-state index in [-0.39, 0.29) is 23.0 Å². The predicted molar refractivity (Wildman–Crippen MR) is 66.0 cm³/mol. The maximum Gasteiger partial charge on any atom is 0.236 e. The van der Waals surface area contributed by atoms with Gasteiger partial charge < -0.3 is 4.90 Å². The van der Waals surface area contributed by atoms with Crippen LogP contribution in [-0.4, -0.2) is 61.3 Å². The number of carbonyl (C=O) groups is 1. The fourth-order valence-corrected chi connectivity index (χ4v) is 2.95. The molecule has 0 saturated carbocycles. The molecule has 1 aliphatic rings. The SMILES string of the molecule is CN(C)S(=O)(=O)CCN1CCCC(Br)C1=O. The fraction of sp³-hybridized carbons (Fsp3) is 0.889. The van der Waals surface area contributed by atoms with Crippen LogP contribution in [-0.2, 0) is 14.8 Å². The van der Waals surface area contributed by atoms with Gasteiger partial charge in [0, 0.05) is 27.2 Å². The molecule has 0 spiro atoms. The topological polar surface area (TPSA) is 57.7 Å². The number of hydrogen-bond acceptors (Lipinski definition) is 3. The minimum absolute atomic E-state index is 0.000191. The number of carbonyl (C=O) groups excluding carboxylic acids is 1. The molecule has 1 rings (SSSR count). The van der Waals surface area contributed by atoms with E-state index in [1.165, 1.54) is 18.4 Å². The van der Waals surface area contributed by atoms with E-state index < -0.39 is 10.0 Å². The minimum atomic E-state index is -3.21. The largest absolute Gasteiger partial charge is 0.341 e. The number of nitrogens with zero attached hydrogens (tertiary/aromatic N) is 2. The molecular weight excluding hydrogens is 296 g/mol. The normalized spacial score (nSPS) is 22.9. The molecule has 0 aromatic rings. The molecule has 1 amide bonds. The van der Waals surface area contributed by atoms with Gasteiger partial charge in [-0.3, -0.25) is 4.79 Å². The van der Waals surface area contributed by atoms with E-state index >= 15 is 0 Å². The first kappa shape index (κ1) is 13.9. The van der Waals surface area contributed by atoms with Crippen LogP contribution >= 0.6 is 15.9 Å². The third-order valence-corrected chi connectivity index (χ3v) is 5.30. The van der Waals surface area contributed by atoms with Crippen molar-refractivity contribution in [1.29, 1.82) is 0 Å². The monoisotopic (exact) mass is 312 g/mol. The Labute approximate surface area is 105 Å². The van der Waals surface area contributed by atoms with Crippen LogP contribution in [0.4, 0.5) is 0 Å². The van der Waals surface area contributed by atoms with Gasteiger partial charge >= 0.3 is 0 Å². The molecule has 0 radical (unpaired) electrons. The quantitative estimate of drug-likeness (QED) is 0.700. The van der Waals surface area contributed by atoms with Crippen LogP contribution in [0.3, 0.4) is 0 Å². The van der Waals surface area contributed by atoms with Crippen molar-refractivity contribution in [2.45, 2.75) is 17.7 Å². The van der Waals surface area contributed by atoms with E-state index in [1.54, 1.807) is 4.90 Å². The second-order valence-corrected chi connectivity index (χ2v) is 7.44. The van der Waals surface area contributed by atoms with Crippen LogP contribution in [0.5, 0.6) is 0 Å². The van der Waals surface area contributed by atoms with E-state index in [4.69, 9.17) is 0 Å². The summed E-state index contributed by atoms with van der Waals surface area (Å²) in [6.45, 7) is 0.936. The van der Waals surface area contributed by atoms with Crippen molar-refractivity contribution in [1.82, 2.24) is 9.21 Å². The Balaban J connectivity index is 2.52. The highest BCUT2D eigenvalue weighted by Gasteiger charge is 2.27. The molecule has 1 aliphatic heterocycles. The lowest BCUT2D eigenvalue weighted by molar-refractivity contribution is -0.132. The second kappa shape index (κ2) is 5.46. The molecule has 1 unspecified atom stereocenters. The molecule has 5 nitrogen and oxygen atoms in total. The Morgan fingerprint density at radius 3 is 2.69 bits per heavy atom. The van der Waals surface area contributed by atoms with Crippen molar-refractivity contribution in [3.63, 3.8) is 0 Å². The van der Waals surface area contributed by atoms with Crippen LogP contribution in [0.25, 0.3) is 0 Å². The van der Waals surface area contributed by atoms with Gasteiger partial charge in [-0.15, -0.1) is 0 Å². The van der Waals surface area contributed by atoms with Gasteiger partial charge in [-0.1, -0.05) is 15.9 Å². The Hall–Kier alpha value is -0.140. The number of amides is 1. The summed E-state index contributed by atoms with van der Waals surface area (Å²) >= 11 is 3.29. The molecule has 0 aromatic carbocycles. The lowest BCUT2D eigenvalue weighted by Crippen LogP contribution is -2.44. The van der Waals surface area contributed by atoms with Gasteiger partial charge in [-0.25, -0.2) is 12.7 Å². The van der Waals surface area contributed by atoms with Crippen molar-refractivity contribution >= 4 is 31.9 Å². The summed E-state index contributed by atoms with van der Waals surface area (Å²) in [5.74, 6) is -0.00828. The summed E-state index contributed by atoms with van der Waals surface area (Å²) < 4.78 is 24.3. The number of piperidine rings is 1. The van der Waals surface area contributed by atoms with E-state index in [0.29, 0.717) is 6.54 Å². The first-order chi connectivity index (χ1) is 7.34. The standard InChI is InChI=1S/C9H17BrN2O3S/c1-11(2)16(14,15)7-6-12-5-3-4-8(10)9(12)13/h8H,3-7H2,1-2H3. The first-order valence-corrected chi connectivity index (χ1v) is 7.70. The van der Waals surface area contributed by atoms with Gasteiger partial charge in [0.05, 0.1) is 10.6 Å². The molecule has 0 aliphatic carbocycles. The molecule has 1 fully saturated rings. The molecule has 0 bridgehead atoms. The minimum Gasteiger partial charge on any atom is -0.341 e. The molecule has 16 heavy (non-hydrogen) atoms. The number of alkyl halides is 1. The highest BCUT2D eigenvalue weighted by molar-refractivity contribution is 9.10. The Kier molecular flexibility index (Phi) is 4.75. The summed E-state index contributed by atoms with van der Waals surface area (Å²) in [7, 11) is -0.213. The smallest absolute Gasteiger partial charge is 0.236 e. The lowest BCUT2D eigenvalue weighted by atomic mass is 10.1. The van der Waals surface area contributed by atoms with Gasteiger partial charge in [0.15, 0.2) is 0 Å². The summed E-state index contributed by atoms with van der Waals surface area (Å²) in [6.07, 6.45) is 1.75. The third kappa shape index (κ3) is 3.43. The molecule has 1 heterocycles. The van der Waals surface area contributed by atoms with Crippen LogP contribution in [0, 0.1) is 0 Å². The zero-order chi connectivity index (χ0) is 12.3. The zero-order valence-corrected chi connectivity index (χ0v) is 11.9. The summed E-state index contributed by atoms with van der Waals surface area (Å²) in [4.78, 5) is 13.1. The van der Waals surface area contributed by atoms with Crippen LogP contribution in [0.15, 0.2) is 0 Å². The van der Waals surface area contributed by atoms with Gasteiger partial charge in [0.2, 0.25) is 15.9 Å². The molecular formula is C9H17BrN2O3S. The highest BCUT2D eigenvalue weighted by Crippen LogP contribution is 2.18. The van der Waals surface area contributed by atoms with E-state index in [9.17, 15) is 13.2 Å². The van der Waals surface area contributed by atoms with Crippen LogP contribution in [0.1, 0.15) is 12.8 Å². The van der Waals surface area contributed by atoms with Crippen molar-refractivity contribution in [2.24, 2.45) is 0 Å². The van der Waals surface area contributed by atoms with Crippen molar-refractivity contribution in [3.8, 4) is 0 Å². The second-order valence-electron chi connectivity index (χ2n) is 4.03. The van der Waals surface area contributed by atoms with Crippen molar-refractivity contribution in [3.05, 3.63) is 0 Å². The number of rotatable bonds is 4. The van der Waals surface area contributed by atoms with Gasteiger partial charge in [-0.05, 0) is 12.8 Å². The van der Waals surface area contributed by atoms with E-state index in [1.807, 2.05) is 0 Å². The first-order valence-electron chi connectivity index (χ1n) is 5.17. The van der Waals surface area contributed by atoms with Crippen molar-refractivity contribution in [2.75, 3.05) is 32.9 Å². The molecule has 1 atom stereocenters. The maximum absolute atomic E-state index is 11.7. The Morgan fingerprint density at radius 1 is 1.50 bits per heavy atom. The van der Waals surface area contributed by atoms with Crippen LogP contribution in [0.2, 0.25) is 0 Å². The number of hydrogen-bond donors (Lipinski definition) is 0. The third-order valence-electron chi connectivity index (χ3n) is 2.64. The molecule has 0 aromatic heterocycles. The summed E-state index contributed by atoms with van der Waals surface area (Å²) in [5, 5.41) is 0. The molecule has 0 N–H and O–H groups in total. The molecule has 94 valence electrons. The van der Waals surface area contributed by atoms with Crippen molar-refractivity contribution < 1.29 is 13.2 Å². The number of sulfonamides is 1. The Bertz CT molecular complexity index is 356. The fourth-order valence-electron chi connectivity index (χ4n) is 1.52. The number of halogens is 1. The maximum atomic E-state index is 11.7. The Morgan fingerprint density at radius 2 is 2.12 bits per heavy atom. The predicted octanol–water partition coefficient (Wildman–Crippen LogP) is 0.264. The van der Waals surface area contributed by atoms with Gasteiger partial charge in [0.25, 0.3) is 0 Å². The van der Waals surface area contributed by atoms with E-state index in [2.05, 4.69) is 15.9 Å². The van der Waals surface area contributed by atoms with Gasteiger partial charge in [0.1, 0.15) is 0 Å². The summed E-state index contributed by atoms with van der Waals surface area (Å²) in [6, 6.07) is 0. The van der Waals surface area contributed by atoms with Gasteiger partial charge in [-0.2, -0.15) is 0 Å². The van der Waals surface area contributed by atoms with E-state index in [0.717, 1.165) is 12.8 Å². The van der Waals surface area contributed by atoms with Crippen LogP contribution < -0.4 is 0 Å². The summed E-state index contributed by atoms with van der Waals surface area (Å²) in [5.41, 5.74) is 0. The average molecular weight is 313 g/mol. The molecule has 7 heteroatoms. The average Bonchev–Trinajstić information content (AvgIpc) is 2.20. The number of likely N-dealkylation sites (tertiary alicyclic amines) is 1. The molecule has 1 saturated heterocycles. The lowest BCUT2D eigenvalue weighted by Gasteiger charge is -2.29. The highest BCUT2D eigenvalue weighted by atomic mass is 79.9. The zero-order valence-electron chi connectivity index (χ0n) is 9.52.